The zero-order valence-electron chi connectivity index (χ0n) is 22.4. The summed E-state index contributed by atoms with van der Waals surface area (Å²) in [7, 11) is -0.896. The van der Waals surface area contributed by atoms with E-state index >= 15 is 0 Å². The fourth-order valence-corrected chi connectivity index (χ4v) is 5.14. The van der Waals surface area contributed by atoms with Crippen molar-refractivity contribution in [3.63, 3.8) is 0 Å². The van der Waals surface area contributed by atoms with Crippen molar-refractivity contribution in [2.75, 3.05) is 20.5 Å². The van der Waals surface area contributed by atoms with Crippen molar-refractivity contribution in [1.29, 1.82) is 0 Å². The van der Waals surface area contributed by atoms with Gasteiger partial charge in [0.05, 0.1) is 42.5 Å². The van der Waals surface area contributed by atoms with E-state index in [-0.39, 0.29) is 40.3 Å². The van der Waals surface area contributed by atoms with Gasteiger partial charge in [0, 0.05) is 23.6 Å². The van der Waals surface area contributed by atoms with Crippen molar-refractivity contribution in [3.8, 4) is 11.1 Å². The molecule has 0 saturated heterocycles. The van der Waals surface area contributed by atoms with Crippen LogP contribution in [0.1, 0.15) is 50.1 Å². The van der Waals surface area contributed by atoms with Crippen LogP contribution in [0.4, 0.5) is 0 Å². The Hall–Kier alpha value is -4.57. The number of methoxy groups -OCH3 is 2. The van der Waals surface area contributed by atoms with Gasteiger partial charge in [-0.15, -0.1) is 0 Å². The lowest BCUT2D eigenvalue weighted by Crippen LogP contribution is -2.28. The summed E-state index contributed by atoms with van der Waals surface area (Å²) in [5, 5.41) is 0.638. The van der Waals surface area contributed by atoms with Crippen molar-refractivity contribution in [2.45, 2.75) is 24.8 Å². The van der Waals surface area contributed by atoms with E-state index in [4.69, 9.17) is 9.47 Å². The molecule has 0 N–H and O–H groups in total. The summed E-state index contributed by atoms with van der Waals surface area (Å²) in [5.41, 5.74) is 1.73. The highest BCUT2D eigenvalue weighted by molar-refractivity contribution is 7.90. The minimum atomic E-state index is -3.42. The van der Waals surface area contributed by atoms with Crippen LogP contribution in [0.5, 0.6) is 0 Å². The molecule has 0 saturated carbocycles. The number of fused-ring (bicyclic) bond motifs is 1. The predicted molar refractivity (Wildman–Crippen MR) is 150 cm³/mol. The van der Waals surface area contributed by atoms with Crippen LogP contribution in [0.3, 0.4) is 0 Å². The highest BCUT2D eigenvalue weighted by Gasteiger charge is 2.24. The van der Waals surface area contributed by atoms with Crippen LogP contribution in [-0.4, -0.2) is 51.2 Å². The number of ketones is 1. The Morgan fingerprint density at radius 2 is 1.38 bits per heavy atom. The Kier molecular flexibility index (Phi) is 8.01. The maximum Gasteiger partial charge on any atom is 0.337 e. The molecule has 1 heterocycles. The van der Waals surface area contributed by atoms with Gasteiger partial charge in [-0.2, -0.15) is 0 Å². The van der Waals surface area contributed by atoms with E-state index in [1.165, 1.54) is 49.1 Å². The van der Waals surface area contributed by atoms with Gasteiger partial charge in [0.1, 0.15) is 0 Å². The number of hydrogen-bond donors (Lipinski definition) is 0. The number of carbonyl (C=O) groups is 3. The Morgan fingerprint density at radius 1 is 0.800 bits per heavy atom. The maximum absolute atomic E-state index is 13.9. The Morgan fingerprint density at radius 3 is 1.93 bits per heavy atom. The summed E-state index contributed by atoms with van der Waals surface area (Å²) in [4.78, 5) is 51.9. The van der Waals surface area contributed by atoms with E-state index in [2.05, 4.69) is 0 Å². The molecule has 4 aromatic rings. The molecule has 0 unspecified atom stereocenters. The smallest absolute Gasteiger partial charge is 0.337 e. The molecular weight excluding hydrogens is 534 g/mol. The molecular formula is C30H27NO8S. The second-order valence-electron chi connectivity index (χ2n) is 9.13. The van der Waals surface area contributed by atoms with Crippen molar-refractivity contribution in [3.05, 3.63) is 99.5 Å². The summed E-state index contributed by atoms with van der Waals surface area (Å²) < 4.78 is 34.8. The number of rotatable bonds is 8. The van der Waals surface area contributed by atoms with Crippen molar-refractivity contribution in [1.82, 2.24) is 4.57 Å². The van der Waals surface area contributed by atoms with E-state index in [0.717, 1.165) is 6.26 Å². The van der Waals surface area contributed by atoms with Crippen LogP contribution < -0.4 is 5.56 Å². The lowest BCUT2D eigenvalue weighted by Gasteiger charge is -2.20. The number of carbonyl (C=O) groups excluding carboxylic acids is 3. The van der Waals surface area contributed by atoms with E-state index < -0.39 is 27.3 Å². The normalized spacial score (nSPS) is 11.3. The number of benzene rings is 3. The van der Waals surface area contributed by atoms with Crippen LogP contribution in [0.25, 0.3) is 21.9 Å². The van der Waals surface area contributed by atoms with Crippen LogP contribution in [-0.2, 0) is 25.9 Å². The van der Waals surface area contributed by atoms with E-state index in [1.54, 1.807) is 43.3 Å². The Balaban J connectivity index is 2.05. The number of Topliss-reactive ketones (excluding diaryl/α,β-unsaturated/α-hetero) is 1. The molecule has 0 radical (unpaired) electrons. The van der Waals surface area contributed by atoms with E-state index in [0.29, 0.717) is 27.6 Å². The first kappa shape index (κ1) is 28.4. The fourth-order valence-electron chi connectivity index (χ4n) is 4.51. The summed E-state index contributed by atoms with van der Waals surface area (Å²) in [5.74, 6) is -1.45. The molecule has 0 atom stereocenters. The molecule has 3 aromatic carbocycles. The molecule has 0 aliphatic rings. The zero-order chi connectivity index (χ0) is 29.2. The van der Waals surface area contributed by atoms with Crippen molar-refractivity contribution >= 4 is 38.3 Å². The molecule has 10 heteroatoms. The van der Waals surface area contributed by atoms with Crippen LogP contribution in [0.15, 0.2) is 76.4 Å². The summed E-state index contributed by atoms with van der Waals surface area (Å²) in [6.07, 6.45) is 1.19. The van der Waals surface area contributed by atoms with Gasteiger partial charge in [0.25, 0.3) is 5.56 Å². The van der Waals surface area contributed by atoms with Gasteiger partial charge in [-0.25, -0.2) is 18.0 Å². The van der Waals surface area contributed by atoms with Crippen LogP contribution >= 0.6 is 0 Å². The number of hydrogen-bond acceptors (Lipinski definition) is 8. The van der Waals surface area contributed by atoms with Crippen LogP contribution in [0, 0.1) is 0 Å². The van der Waals surface area contributed by atoms with Crippen molar-refractivity contribution < 1.29 is 32.3 Å². The molecule has 206 valence electrons. The van der Waals surface area contributed by atoms with Crippen molar-refractivity contribution in [2.24, 2.45) is 0 Å². The molecule has 0 bridgehead atoms. The van der Waals surface area contributed by atoms with Crippen LogP contribution in [0.2, 0.25) is 0 Å². The van der Waals surface area contributed by atoms with Gasteiger partial charge in [0.15, 0.2) is 15.6 Å². The molecule has 0 aliphatic heterocycles. The van der Waals surface area contributed by atoms with E-state index in [1.807, 2.05) is 0 Å². The Labute approximate surface area is 230 Å². The predicted octanol–water partition coefficient (Wildman–Crippen LogP) is 4.29. The molecule has 0 aliphatic carbocycles. The number of sulfone groups is 1. The molecule has 4 rings (SSSR count). The van der Waals surface area contributed by atoms with E-state index in [9.17, 15) is 27.6 Å². The number of ether oxygens (including phenoxy) is 2. The zero-order valence-corrected chi connectivity index (χ0v) is 23.2. The summed E-state index contributed by atoms with van der Waals surface area (Å²) >= 11 is 0. The largest absolute Gasteiger partial charge is 0.465 e. The second-order valence-corrected chi connectivity index (χ2v) is 11.1. The summed E-state index contributed by atoms with van der Waals surface area (Å²) in [6.45, 7) is 1.67. The van der Waals surface area contributed by atoms with Gasteiger partial charge in [-0.1, -0.05) is 31.2 Å². The highest BCUT2D eigenvalue weighted by Crippen LogP contribution is 2.33. The third-order valence-corrected chi connectivity index (χ3v) is 7.69. The average molecular weight is 562 g/mol. The molecule has 40 heavy (non-hydrogen) atoms. The monoisotopic (exact) mass is 561 g/mol. The standard InChI is InChI=1S/C30H27NO8S/c1-5-25(32)27-26(19-8-10-20(11-9-19)29(34)38-2)24-16-21(30(35)39-3)12-15-23(24)28(33)31(27)17-18-6-13-22(14-7-18)40(4,36)37/h6-16H,5,17H2,1-4H3. The third-order valence-electron chi connectivity index (χ3n) is 6.56. The first-order valence-electron chi connectivity index (χ1n) is 12.3. The third kappa shape index (κ3) is 5.43. The minimum absolute atomic E-state index is 0.00805. The quantitative estimate of drug-likeness (QED) is 0.230. The fraction of sp³-hybridized carbons (Fsp3) is 0.200. The molecule has 0 fully saturated rings. The van der Waals surface area contributed by atoms with Gasteiger partial charge in [0.2, 0.25) is 0 Å². The van der Waals surface area contributed by atoms with Gasteiger partial charge in [-0.05, 0) is 59.0 Å². The lowest BCUT2D eigenvalue weighted by atomic mass is 9.92. The highest BCUT2D eigenvalue weighted by atomic mass is 32.2. The number of nitrogens with zero attached hydrogens (tertiary/aromatic N) is 1. The molecule has 0 spiro atoms. The maximum atomic E-state index is 13.9. The topological polar surface area (TPSA) is 126 Å². The van der Waals surface area contributed by atoms with Gasteiger partial charge < -0.3 is 9.47 Å². The Bertz CT molecular complexity index is 1800. The molecule has 9 nitrogen and oxygen atoms in total. The van der Waals surface area contributed by atoms with Gasteiger partial charge >= 0.3 is 11.9 Å². The molecule has 1 aromatic heterocycles. The number of pyridine rings is 1. The first-order chi connectivity index (χ1) is 19.0. The second kappa shape index (κ2) is 11.3. The molecule has 0 amide bonds. The minimum Gasteiger partial charge on any atom is -0.465 e. The number of aromatic nitrogens is 1. The lowest BCUT2D eigenvalue weighted by molar-refractivity contribution is 0.0592. The summed E-state index contributed by atoms with van der Waals surface area (Å²) in [6, 6.07) is 17.0. The average Bonchev–Trinajstić information content (AvgIpc) is 2.96. The SMILES string of the molecule is CCC(=O)c1c(-c2ccc(C(=O)OC)cc2)c2cc(C(=O)OC)ccc2c(=O)n1Cc1ccc(S(C)(=O)=O)cc1. The first-order valence-corrected chi connectivity index (χ1v) is 14.2. The van der Waals surface area contributed by atoms with Gasteiger partial charge in [-0.3, -0.25) is 14.2 Å². The number of esters is 2.